The quantitative estimate of drug-likeness (QED) is 0.637. The average Bonchev–Trinajstić information content (AvgIpc) is 3.26. The number of nitrogens with one attached hydrogen (secondary N) is 3. The fraction of sp³-hybridized carbons (Fsp3) is 0.250. The average molecular weight is 384 g/mol. The van der Waals surface area contributed by atoms with Crippen LogP contribution in [-0.2, 0) is 13.0 Å². The number of carbonyl (C=O) groups excluding carboxylic acids is 1. The van der Waals surface area contributed by atoms with E-state index in [1.165, 1.54) is 21.4 Å². The van der Waals surface area contributed by atoms with E-state index in [1.807, 2.05) is 0 Å². The van der Waals surface area contributed by atoms with Crippen LogP contribution in [-0.4, -0.2) is 19.5 Å². The van der Waals surface area contributed by atoms with Gasteiger partial charge in [-0.05, 0) is 29.8 Å². The molecule has 1 aromatic carbocycles. The van der Waals surface area contributed by atoms with Crippen LogP contribution >= 0.6 is 11.3 Å². The number of hydrogen-bond donors (Lipinski definition) is 3. The highest BCUT2D eigenvalue weighted by atomic mass is 32.1. The van der Waals surface area contributed by atoms with Gasteiger partial charge in [-0.3, -0.25) is 4.79 Å². The molecule has 3 N–H and O–H groups in total. The third-order valence-electron chi connectivity index (χ3n) is 5.18. The monoisotopic (exact) mass is 384 g/mol. The first kappa shape index (κ1) is 16.5. The second-order valence-electron chi connectivity index (χ2n) is 7.07. The number of amides is 1. The van der Waals surface area contributed by atoms with Crippen LogP contribution in [0.25, 0.3) is 11.3 Å². The van der Waals surface area contributed by atoms with Crippen LogP contribution in [0, 0.1) is 5.82 Å². The molecule has 1 amide bonds. The summed E-state index contributed by atoms with van der Waals surface area (Å²) in [5.74, 6) is 0.593. The summed E-state index contributed by atoms with van der Waals surface area (Å²) in [6.45, 7) is 1.99. The third-order valence-corrected chi connectivity index (χ3v) is 6.35. The van der Waals surface area contributed by atoms with E-state index in [0.717, 1.165) is 30.1 Å². The predicted molar refractivity (Wildman–Crippen MR) is 101 cm³/mol. The molecule has 7 heteroatoms. The molecule has 3 aromatic rings. The Morgan fingerprint density at radius 3 is 2.93 bits per heavy atom. The summed E-state index contributed by atoms with van der Waals surface area (Å²) in [5.41, 5.74) is 2.36. The van der Waals surface area contributed by atoms with Crippen molar-refractivity contribution in [3.8, 4) is 11.3 Å². The van der Waals surface area contributed by atoms with Gasteiger partial charge in [-0.15, -0.1) is 11.3 Å². The van der Waals surface area contributed by atoms with E-state index in [0.29, 0.717) is 17.1 Å². The van der Waals surface area contributed by atoms with Crippen LogP contribution in [0.15, 0.2) is 40.8 Å². The first-order chi connectivity index (χ1) is 13.1. The van der Waals surface area contributed by atoms with Crippen molar-refractivity contribution in [2.24, 2.45) is 0 Å². The maximum Gasteiger partial charge on any atom is 0.256 e. The van der Waals surface area contributed by atoms with Crippen molar-refractivity contribution in [3.63, 3.8) is 0 Å². The molecular formula is C20H19FN3O2S+. The van der Waals surface area contributed by atoms with Crippen LogP contribution in [0.3, 0.4) is 0 Å². The van der Waals surface area contributed by atoms with Gasteiger partial charge < -0.3 is 20.0 Å². The van der Waals surface area contributed by atoms with Gasteiger partial charge in [0.15, 0.2) is 6.17 Å². The van der Waals surface area contributed by atoms with E-state index in [9.17, 15) is 9.18 Å². The number of anilines is 1. The molecule has 0 saturated heterocycles. The number of benzene rings is 1. The lowest BCUT2D eigenvalue weighted by atomic mass is 10.0. The molecule has 5 nitrogen and oxygen atoms in total. The van der Waals surface area contributed by atoms with Gasteiger partial charge in [0.25, 0.3) is 5.91 Å². The van der Waals surface area contributed by atoms with Crippen molar-refractivity contribution < 1.29 is 18.5 Å². The van der Waals surface area contributed by atoms with Gasteiger partial charge in [-0.25, -0.2) is 4.39 Å². The minimum atomic E-state index is -0.462. The molecule has 2 aliphatic heterocycles. The third kappa shape index (κ3) is 2.74. The number of thiophene rings is 1. The van der Waals surface area contributed by atoms with E-state index < -0.39 is 6.17 Å². The maximum atomic E-state index is 14.0. The Hall–Kier alpha value is -2.64. The van der Waals surface area contributed by atoms with Crippen molar-refractivity contribution in [1.82, 2.24) is 5.32 Å². The number of furan rings is 1. The Kier molecular flexibility index (Phi) is 3.80. The van der Waals surface area contributed by atoms with Crippen molar-refractivity contribution in [1.29, 1.82) is 0 Å². The topological polar surface area (TPSA) is 58.7 Å². The van der Waals surface area contributed by atoms with Gasteiger partial charge in [0.05, 0.1) is 29.6 Å². The molecule has 1 unspecified atom stereocenters. The normalized spacial score (nSPS) is 21.2. The molecule has 27 heavy (non-hydrogen) atoms. The fourth-order valence-electron chi connectivity index (χ4n) is 3.79. The van der Waals surface area contributed by atoms with Crippen LogP contribution in [0.1, 0.15) is 32.7 Å². The lowest BCUT2D eigenvalue weighted by Gasteiger charge is -2.25. The number of hydrogen-bond acceptors (Lipinski definition) is 4. The Morgan fingerprint density at radius 1 is 1.22 bits per heavy atom. The zero-order valence-corrected chi connectivity index (χ0v) is 15.6. The summed E-state index contributed by atoms with van der Waals surface area (Å²) in [6, 6.07) is 9.99. The molecule has 4 heterocycles. The number of rotatable bonds is 2. The van der Waals surface area contributed by atoms with Crippen molar-refractivity contribution >= 4 is 22.2 Å². The van der Waals surface area contributed by atoms with Crippen LogP contribution in [0.5, 0.6) is 0 Å². The smallest absolute Gasteiger partial charge is 0.256 e. The van der Waals surface area contributed by atoms with Gasteiger partial charge in [0.1, 0.15) is 28.9 Å². The number of quaternary nitrogens is 1. The fourth-order valence-corrected chi connectivity index (χ4v) is 5.18. The molecule has 138 valence electrons. The molecule has 2 aromatic heterocycles. The van der Waals surface area contributed by atoms with Crippen LogP contribution in [0.4, 0.5) is 9.39 Å². The second-order valence-corrected chi connectivity index (χ2v) is 8.18. The minimum Gasteiger partial charge on any atom is -0.457 e. The Labute approximate surface area is 159 Å². The van der Waals surface area contributed by atoms with E-state index in [-0.39, 0.29) is 11.7 Å². The summed E-state index contributed by atoms with van der Waals surface area (Å²) in [5, 5.41) is 7.26. The largest absolute Gasteiger partial charge is 0.457 e. The van der Waals surface area contributed by atoms with Crippen LogP contribution < -0.4 is 15.5 Å². The summed E-state index contributed by atoms with van der Waals surface area (Å²) in [6.07, 6.45) is 0.459. The molecule has 0 saturated carbocycles. The van der Waals surface area contributed by atoms with Gasteiger partial charge in [-0.1, -0.05) is 12.1 Å². The lowest BCUT2D eigenvalue weighted by Crippen LogP contribution is -3.08. The van der Waals surface area contributed by atoms with Gasteiger partial charge >= 0.3 is 0 Å². The summed E-state index contributed by atoms with van der Waals surface area (Å²) < 4.78 is 19.9. The highest BCUT2D eigenvalue weighted by Gasteiger charge is 2.34. The lowest BCUT2D eigenvalue weighted by molar-refractivity contribution is -0.895. The highest BCUT2D eigenvalue weighted by Crippen LogP contribution is 2.39. The van der Waals surface area contributed by atoms with Crippen LogP contribution in [0.2, 0.25) is 0 Å². The zero-order chi connectivity index (χ0) is 18.5. The Balaban J connectivity index is 1.46. The maximum absolute atomic E-state index is 14.0. The van der Waals surface area contributed by atoms with Crippen molar-refractivity contribution in [2.45, 2.75) is 19.1 Å². The number of fused-ring (bicyclic) bond motifs is 3. The molecule has 0 fully saturated rings. The minimum absolute atomic E-state index is 0.0744. The van der Waals surface area contributed by atoms with Gasteiger partial charge in [-0.2, -0.15) is 0 Å². The first-order valence-electron chi connectivity index (χ1n) is 8.98. The molecule has 0 radical (unpaired) electrons. The van der Waals surface area contributed by atoms with E-state index >= 15 is 0 Å². The van der Waals surface area contributed by atoms with E-state index in [4.69, 9.17) is 4.42 Å². The second kappa shape index (κ2) is 6.21. The molecule has 0 bridgehead atoms. The zero-order valence-electron chi connectivity index (χ0n) is 14.8. The van der Waals surface area contributed by atoms with Crippen molar-refractivity contribution in [2.75, 3.05) is 18.9 Å². The first-order valence-corrected chi connectivity index (χ1v) is 9.79. The molecule has 0 spiro atoms. The highest BCUT2D eigenvalue weighted by molar-refractivity contribution is 7.16. The van der Waals surface area contributed by atoms with E-state index in [1.54, 1.807) is 41.7 Å². The molecular weight excluding hydrogens is 365 g/mol. The van der Waals surface area contributed by atoms with Crippen molar-refractivity contribution in [3.05, 3.63) is 64.0 Å². The number of likely N-dealkylation sites (N-methyl/N-ethyl adjacent to an activating group) is 1. The molecule has 2 aliphatic rings. The number of carbonyl (C=O) groups is 1. The summed E-state index contributed by atoms with van der Waals surface area (Å²) in [4.78, 5) is 15.5. The predicted octanol–water partition coefficient (Wildman–Crippen LogP) is 2.57. The SMILES string of the molecule is C[NH+]1CCc2c(sc3c2C(=O)N[C@@H](c2ccc(-c4ccccc4F)o2)N3)C1. The Morgan fingerprint density at radius 2 is 2.07 bits per heavy atom. The van der Waals surface area contributed by atoms with E-state index in [2.05, 4.69) is 17.7 Å². The van der Waals surface area contributed by atoms with Gasteiger partial charge in [0, 0.05) is 6.42 Å². The summed E-state index contributed by atoms with van der Waals surface area (Å²) in [7, 11) is 2.17. The molecule has 2 atom stereocenters. The summed E-state index contributed by atoms with van der Waals surface area (Å²) >= 11 is 1.65. The number of halogens is 1. The molecule has 0 aliphatic carbocycles. The van der Waals surface area contributed by atoms with Gasteiger partial charge in [0.2, 0.25) is 0 Å². The Bertz CT molecular complexity index is 1040. The standard InChI is InChI=1S/C20H18FN3O2S/c1-24-9-8-12-16(10-24)27-20-17(12)19(25)22-18(23-20)15-7-6-14(26-15)11-4-2-3-5-13(11)21/h2-7,18,23H,8-10H2,1H3,(H,22,25)/p+1/t18-/m1/s1. The molecule has 5 rings (SSSR count).